The Hall–Kier alpha value is -1.65. The lowest BCUT2D eigenvalue weighted by Gasteiger charge is -2.25. The zero-order chi connectivity index (χ0) is 16.4. The van der Waals surface area contributed by atoms with Gasteiger partial charge in [0.2, 0.25) is 5.95 Å². The number of nitrogens with one attached hydrogen (secondary N) is 1. The molecule has 0 saturated heterocycles. The predicted molar refractivity (Wildman–Crippen MR) is 91.2 cm³/mol. The van der Waals surface area contributed by atoms with Crippen molar-refractivity contribution in [3.8, 4) is 6.07 Å². The van der Waals surface area contributed by atoms with Crippen LogP contribution in [0.15, 0.2) is 16.7 Å². The van der Waals surface area contributed by atoms with Crippen molar-refractivity contribution in [3.63, 3.8) is 0 Å². The molecule has 0 aromatic carbocycles. The van der Waals surface area contributed by atoms with E-state index in [-0.39, 0.29) is 12.1 Å². The number of aromatic nitrogens is 3. The summed E-state index contributed by atoms with van der Waals surface area (Å²) in [6.07, 6.45) is 5.65. The number of aliphatic hydroxyl groups is 1. The molecular weight excluding hydrogens is 358 g/mol. The van der Waals surface area contributed by atoms with Gasteiger partial charge in [-0.3, -0.25) is 0 Å². The second kappa shape index (κ2) is 6.85. The van der Waals surface area contributed by atoms with Gasteiger partial charge in [-0.1, -0.05) is 0 Å². The summed E-state index contributed by atoms with van der Waals surface area (Å²) in [6, 6.07) is 4.25. The molecule has 1 aliphatic rings. The molecule has 1 unspecified atom stereocenters. The van der Waals surface area contributed by atoms with Gasteiger partial charge in [0, 0.05) is 22.1 Å². The van der Waals surface area contributed by atoms with Crippen LogP contribution in [0.25, 0.3) is 5.52 Å². The first-order chi connectivity index (χ1) is 11.1. The lowest BCUT2D eigenvalue weighted by molar-refractivity contribution is 0.121. The Kier molecular flexibility index (Phi) is 4.83. The second-order valence-corrected chi connectivity index (χ2v) is 7.06. The van der Waals surface area contributed by atoms with E-state index in [4.69, 9.17) is 5.26 Å². The summed E-state index contributed by atoms with van der Waals surface area (Å²) in [5.41, 5.74) is 2.08. The molecule has 1 aliphatic carbocycles. The first kappa shape index (κ1) is 16.2. The quantitative estimate of drug-likeness (QED) is 0.853. The van der Waals surface area contributed by atoms with Gasteiger partial charge in [-0.05, 0) is 54.6 Å². The number of nitrogens with zero attached hydrogens (tertiary/aromatic N) is 4. The van der Waals surface area contributed by atoms with Crippen molar-refractivity contribution in [1.82, 2.24) is 14.6 Å². The van der Waals surface area contributed by atoms with Gasteiger partial charge in [0.15, 0.2) is 0 Å². The highest BCUT2D eigenvalue weighted by molar-refractivity contribution is 9.10. The third-order valence-electron chi connectivity index (χ3n) is 4.38. The zero-order valence-corrected chi connectivity index (χ0v) is 14.6. The van der Waals surface area contributed by atoms with Crippen molar-refractivity contribution in [3.05, 3.63) is 22.4 Å². The fourth-order valence-electron chi connectivity index (χ4n) is 3.11. The van der Waals surface area contributed by atoms with Gasteiger partial charge in [0.25, 0.3) is 0 Å². The molecule has 1 fully saturated rings. The monoisotopic (exact) mass is 377 g/mol. The summed E-state index contributed by atoms with van der Waals surface area (Å²) in [5, 5.41) is 26.2. The molecule has 0 spiro atoms. The van der Waals surface area contributed by atoms with Crippen LogP contribution in [0, 0.1) is 11.3 Å². The maximum atomic E-state index is 9.71. The third kappa shape index (κ3) is 3.48. The van der Waals surface area contributed by atoms with E-state index in [1.807, 2.05) is 11.4 Å². The number of hydrogen-bond acceptors (Lipinski definition) is 5. The fraction of sp³-hybridized carbons (Fsp3) is 0.562. The molecule has 0 aliphatic heterocycles. The topological polar surface area (TPSA) is 86.2 Å². The van der Waals surface area contributed by atoms with Gasteiger partial charge < -0.3 is 10.4 Å². The van der Waals surface area contributed by atoms with Crippen LogP contribution in [0.2, 0.25) is 0 Å². The molecule has 2 aromatic rings. The van der Waals surface area contributed by atoms with E-state index >= 15 is 0 Å². The number of nitriles is 1. The lowest BCUT2D eigenvalue weighted by atomic mass is 9.85. The van der Waals surface area contributed by atoms with Crippen molar-refractivity contribution in [2.75, 3.05) is 5.32 Å². The SMILES string of the molecule is CC(CC#N)Nc1ncc2c(Br)cc(C3CCC(O)CC3)n2n1. The predicted octanol–water partition coefficient (Wildman–Crippen LogP) is 3.22. The standard InChI is InChI=1S/C16H20BrN5O/c1-10(6-7-18)20-16-19-9-15-13(17)8-14(22(15)21-16)11-2-4-12(23)5-3-11/h8-12,23H,2-6H2,1H3,(H,20,21). The lowest BCUT2D eigenvalue weighted by Crippen LogP contribution is -2.20. The largest absolute Gasteiger partial charge is 0.393 e. The van der Waals surface area contributed by atoms with Gasteiger partial charge in [0.1, 0.15) is 0 Å². The van der Waals surface area contributed by atoms with Crippen LogP contribution in [0.5, 0.6) is 0 Å². The summed E-state index contributed by atoms with van der Waals surface area (Å²) >= 11 is 3.58. The molecule has 1 saturated carbocycles. The number of anilines is 1. The Morgan fingerprint density at radius 2 is 2.22 bits per heavy atom. The summed E-state index contributed by atoms with van der Waals surface area (Å²) in [5.74, 6) is 0.928. The van der Waals surface area contributed by atoms with Gasteiger partial charge in [-0.2, -0.15) is 5.26 Å². The van der Waals surface area contributed by atoms with Gasteiger partial charge in [-0.15, -0.1) is 5.10 Å². The molecule has 2 aromatic heterocycles. The molecule has 0 amide bonds. The molecule has 7 heteroatoms. The van der Waals surface area contributed by atoms with Crippen LogP contribution >= 0.6 is 15.9 Å². The molecule has 2 N–H and O–H groups in total. The summed E-state index contributed by atoms with van der Waals surface area (Å²) in [4.78, 5) is 4.34. The highest BCUT2D eigenvalue weighted by Crippen LogP contribution is 2.36. The summed E-state index contributed by atoms with van der Waals surface area (Å²) < 4.78 is 2.91. The average molecular weight is 378 g/mol. The minimum Gasteiger partial charge on any atom is -0.393 e. The first-order valence-corrected chi connectivity index (χ1v) is 8.73. The molecular formula is C16H20BrN5O. The van der Waals surface area contributed by atoms with Crippen LogP contribution in [0.3, 0.4) is 0 Å². The summed E-state index contributed by atoms with van der Waals surface area (Å²) in [6.45, 7) is 1.94. The summed E-state index contributed by atoms with van der Waals surface area (Å²) in [7, 11) is 0. The number of halogens is 1. The van der Waals surface area contributed by atoms with Crippen LogP contribution < -0.4 is 5.32 Å². The second-order valence-electron chi connectivity index (χ2n) is 6.21. The minimum absolute atomic E-state index is 0.00438. The molecule has 122 valence electrons. The van der Waals surface area contributed by atoms with E-state index in [1.54, 1.807) is 6.20 Å². The molecule has 0 bridgehead atoms. The fourth-order valence-corrected chi connectivity index (χ4v) is 3.62. The van der Waals surface area contributed by atoms with Crippen LogP contribution in [0.1, 0.15) is 50.6 Å². The third-order valence-corrected chi connectivity index (χ3v) is 5.02. The van der Waals surface area contributed by atoms with Crippen LogP contribution in [-0.2, 0) is 0 Å². The van der Waals surface area contributed by atoms with E-state index in [0.717, 1.165) is 41.4 Å². The highest BCUT2D eigenvalue weighted by atomic mass is 79.9. The normalized spacial score (nSPS) is 22.7. The van der Waals surface area contributed by atoms with E-state index in [0.29, 0.717) is 18.3 Å². The molecule has 3 rings (SSSR count). The maximum absolute atomic E-state index is 9.71. The molecule has 6 nitrogen and oxygen atoms in total. The Balaban J connectivity index is 1.90. The van der Waals surface area contributed by atoms with Crippen LogP contribution in [0.4, 0.5) is 5.95 Å². The zero-order valence-electron chi connectivity index (χ0n) is 13.0. The maximum Gasteiger partial charge on any atom is 0.241 e. The van der Waals surface area contributed by atoms with E-state index in [1.165, 1.54) is 0 Å². The van der Waals surface area contributed by atoms with Gasteiger partial charge >= 0.3 is 0 Å². The highest BCUT2D eigenvalue weighted by Gasteiger charge is 2.24. The van der Waals surface area contributed by atoms with Crippen molar-refractivity contribution in [2.45, 2.75) is 57.1 Å². The van der Waals surface area contributed by atoms with Crippen LogP contribution in [-0.4, -0.2) is 31.9 Å². The number of aliphatic hydroxyl groups excluding tert-OH is 1. The first-order valence-electron chi connectivity index (χ1n) is 7.94. The van der Waals surface area contributed by atoms with Crippen molar-refractivity contribution in [1.29, 1.82) is 5.26 Å². The van der Waals surface area contributed by atoms with Crippen molar-refractivity contribution >= 4 is 27.4 Å². The van der Waals surface area contributed by atoms with Gasteiger partial charge in [-0.25, -0.2) is 9.50 Å². The Morgan fingerprint density at radius 1 is 1.48 bits per heavy atom. The number of hydrogen-bond donors (Lipinski definition) is 2. The Morgan fingerprint density at radius 3 is 2.91 bits per heavy atom. The number of fused-ring (bicyclic) bond motifs is 1. The number of rotatable bonds is 4. The van der Waals surface area contributed by atoms with Crippen molar-refractivity contribution in [2.24, 2.45) is 0 Å². The molecule has 23 heavy (non-hydrogen) atoms. The molecule has 2 heterocycles. The Bertz CT molecular complexity index is 730. The van der Waals surface area contributed by atoms with E-state index < -0.39 is 0 Å². The molecule has 1 atom stereocenters. The smallest absolute Gasteiger partial charge is 0.241 e. The van der Waals surface area contributed by atoms with E-state index in [2.05, 4.69) is 43.5 Å². The van der Waals surface area contributed by atoms with Gasteiger partial charge in [0.05, 0.1) is 30.3 Å². The van der Waals surface area contributed by atoms with Crippen molar-refractivity contribution < 1.29 is 5.11 Å². The molecule has 0 radical (unpaired) electrons. The Labute approximate surface area is 143 Å². The van der Waals surface area contributed by atoms with E-state index in [9.17, 15) is 5.11 Å². The minimum atomic E-state index is -0.167. The average Bonchev–Trinajstić information content (AvgIpc) is 2.85.